The highest BCUT2D eigenvalue weighted by Gasteiger charge is 2.46. The number of likely N-dealkylation sites (N-methyl/N-ethyl adjacent to an activating group) is 1. The third kappa shape index (κ3) is 4.66. The van der Waals surface area contributed by atoms with Crippen LogP contribution in [0.25, 0.3) is 5.76 Å². The maximum atomic E-state index is 13.0. The molecule has 9 heteroatoms. The summed E-state index contributed by atoms with van der Waals surface area (Å²) in [4.78, 5) is 39.2. The monoisotopic (exact) mass is 458 g/mol. The number of carbonyl (C=O) groups excluding carboxylic acids is 2. The van der Waals surface area contributed by atoms with E-state index in [1.807, 2.05) is 13.8 Å². The van der Waals surface area contributed by atoms with Gasteiger partial charge in [-0.3, -0.25) is 19.7 Å². The van der Waals surface area contributed by atoms with Crippen molar-refractivity contribution in [2.45, 2.75) is 19.9 Å². The summed E-state index contributed by atoms with van der Waals surface area (Å²) in [6.45, 7) is 6.76. The van der Waals surface area contributed by atoms with Crippen molar-refractivity contribution in [3.8, 4) is 0 Å². The number of aliphatic hydroxyl groups is 1. The van der Waals surface area contributed by atoms with E-state index in [0.717, 1.165) is 13.1 Å². The van der Waals surface area contributed by atoms with Crippen LogP contribution in [0.4, 0.5) is 5.69 Å². The van der Waals surface area contributed by atoms with Gasteiger partial charge in [0.05, 0.1) is 42.7 Å². The molecule has 0 bridgehead atoms. The van der Waals surface area contributed by atoms with E-state index < -0.39 is 22.7 Å². The van der Waals surface area contributed by atoms with Crippen molar-refractivity contribution in [1.29, 1.82) is 0 Å². The van der Waals surface area contributed by atoms with E-state index in [9.17, 15) is 24.8 Å². The number of hydrogen-bond donors (Lipinski definition) is 2. The van der Waals surface area contributed by atoms with Gasteiger partial charge in [-0.15, -0.1) is 0 Å². The zero-order chi connectivity index (χ0) is 23.4. The Bertz CT molecular complexity index is 1050. The fraction of sp³-hybridized carbons (Fsp3) is 0.304. The van der Waals surface area contributed by atoms with E-state index in [4.69, 9.17) is 11.6 Å². The molecule has 1 atom stereocenters. The summed E-state index contributed by atoms with van der Waals surface area (Å²) in [6.07, 6.45) is 0. The van der Waals surface area contributed by atoms with Gasteiger partial charge in [-0.25, -0.2) is 0 Å². The largest absolute Gasteiger partial charge is 0.507 e. The molecule has 0 aliphatic carbocycles. The van der Waals surface area contributed by atoms with Gasteiger partial charge in [0.25, 0.3) is 17.4 Å². The van der Waals surface area contributed by atoms with Crippen molar-refractivity contribution in [3.05, 3.63) is 80.4 Å². The quantitative estimate of drug-likeness (QED) is 0.208. The third-order valence-corrected chi connectivity index (χ3v) is 6.04. The van der Waals surface area contributed by atoms with Crippen LogP contribution in [0.15, 0.2) is 54.1 Å². The smallest absolute Gasteiger partial charge is 0.295 e. The number of likely N-dealkylation sites (tertiary alicyclic amines) is 1. The lowest BCUT2D eigenvalue weighted by molar-refractivity contribution is -0.895. The minimum Gasteiger partial charge on any atom is -0.507 e. The number of ketones is 1. The van der Waals surface area contributed by atoms with Gasteiger partial charge in [-0.05, 0) is 55.8 Å². The zero-order valence-electron chi connectivity index (χ0n) is 17.9. The molecule has 1 aliphatic heterocycles. The van der Waals surface area contributed by atoms with Gasteiger partial charge in [0.15, 0.2) is 0 Å². The predicted molar refractivity (Wildman–Crippen MR) is 120 cm³/mol. The first-order chi connectivity index (χ1) is 15.3. The van der Waals surface area contributed by atoms with Crippen LogP contribution in [0.2, 0.25) is 5.02 Å². The van der Waals surface area contributed by atoms with Crippen LogP contribution in [0, 0.1) is 10.1 Å². The van der Waals surface area contributed by atoms with Crippen molar-refractivity contribution in [3.63, 3.8) is 0 Å². The molecule has 32 heavy (non-hydrogen) atoms. The number of carbonyl (C=O) groups is 2. The Morgan fingerprint density at radius 1 is 1.09 bits per heavy atom. The molecule has 0 saturated carbocycles. The number of aliphatic hydroxyl groups excluding tert-OH is 1. The van der Waals surface area contributed by atoms with Crippen LogP contribution in [0.1, 0.15) is 31.0 Å². The first kappa shape index (κ1) is 23.4. The molecule has 168 valence electrons. The molecule has 2 N–H and O–H groups in total. The van der Waals surface area contributed by atoms with Gasteiger partial charge in [0.1, 0.15) is 5.76 Å². The molecule has 1 aliphatic rings. The number of halogens is 1. The second-order valence-corrected chi connectivity index (χ2v) is 7.99. The van der Waals surface area contributed by atoms with E-state index in [-0.39, 0.29) is 17.0 Å². The summed E-state index contributed by atoms with van der Waals surface area (Å²) in [5.41, 5.74) is 0.727. The average Bonchev–Trinajstić information content (AvgIpc) is 3.04. The number of amides is 1. The molecule has 3 rings (SSSR count). The summed E-state index contributed by atoms with van der Waals surface area (Å²) in [7, 11) is 0. The van der Waals surface area contributed by atoms with Crippen molar-refractivity contribution >= 4 is 34.7 Å². The molecule has 8 nitrogen and oxygen atoms in total. The van der Waals surface area contributed by atoms with E-state index in [1.165, 1.54) is 34.1 Å². The lowest BCUT2D eigenvalue weighted by Gasteiger charge is -2.26. The highest BCUT2D eigenvalue weighted by Crippen LogP contribution is 2.39. The average molecular weight is 459 g/mol. The summed E-state index contributed by atoms with van der Waals surface area (Å²) >= 11 is 5.93. The number of Topliss-reactive ketones (excluding diaryl/α,β-unsaturated/α-hetero) is 1. The topological polar surface area (TPSA) is 105 Å². The number of nitro benzene ring substituents is 1. The molecular weight excluding hydrogens is 434 g/mol. The molecule has 1 heterocycles. The van der Waals surface area contributed by atoms with Gasteiger partial charge in [0, 0.05) is 22.7 Å². The Labute approximate surface area is 190 Å². The van der Waals surface area contributed by atoms with Crippen molar-refractivity contribution in [2.75, 3.05) is 26.2 Å². The maximum absolute atomic E-state index is 13.0. The normalized spacial score (nSPS) is 17.9. The number of rotatable bonds is 8. The van der Waals surface area contributed by atoms with Gasteiger partial charge in [-0.2, -0.15) is 0 Å². The lowest BCUT2D eigenvalue weighted by atomic mass is 9.95. The van der Waals surface area contributed by atoms with Gasteiger partial charge >= 0.3 is 0 Å². The van der Waals surface area contributed by atoms with E-state index in [0.29, 0.717) is 29.2 Å². The van der Waals surface area contributed by atoms with Gasteiger partial charge in [0.2, 0.25) is 0 Å². The van der Waals surface area contributed by atoms with E-state index >= 15 is 0 Å². The van der Waals surface area contributed by atoms with E-state index in [2.05, 4.69) is 0 Å². The minimum absolute atomic E-state index is 0.0410. The Balaban J connectivity index is 2.10. The first-order valence-electron chi connectivity index (χ1n) is 10.4. The number of benzene rings is 2. The van der Waals surface area contributed by atoms with Crippen LogP contribution in [-0.2, 0) is 9.59 Å². The minimum atomic E-state index is -0.846. The van der Waals surface area contributed by atoms with Crippen molar-refractivity contribution < 1.29 is 24.5 Å². The predicted octanol–water partition coefficient (Wildman–Crippen LogP) is 2.59. The van der Waals surface area contributed by atoms with Crippen LogP contribution < -0.4 is 4.90 Å². The lowest BCUT2D eigenvalue weighted by Crippen LogP contribution is -3.12. The maximum Gasteiger partial charge on any atom is 0.295 e. The first-order valence-corrected chi connectivity index (χ1v) is 10.8. The molecule has 2 aromatic carbocycles. The summed E-state index contributed by atoms with van der Waals surface area (Å²) in [5, 5.41) is 22.5. The summed E-state index contributed by atoms with van der Waals surface area (Å²) in [5.74, 6) is -1.79. The molecule has 0 spiro atoms. The van der Waals surface area contributed by atoms with Gasteiger partial charge < -0.3 is 14.9 Å². The van der Waals surface area contributed by atoms with Crippen LogP contribution in [0.5, 0.6) is 0 Å². The van der Waals surface area contributed by atoms with Crippen LogP contribution in [0.3, 0.4) is 0 Å². The number of nitrogens with one attached hydrogen (secondary N) is 1. The highest BCUT2D eigenvalue weighted by atomic mass is 35.5. The number of hydrogen-bond acceptors (Lipinski definition) is 5. The molecule has 1 amide bonds. The highest BCUT2D eigenvalue weighted by molar-refractivity contribution is 6.46. The second kappa shape index (κ2) is 9.93. The molecule has 1 saturated heterocycles. The molecule has 1 fully saturated rings. The molecule has 0 unspecified atom stereocenters. The Morgan fingerprint density at radius 2 is 1.69 bits per heavy atom. The summed E-state index contributed by atoms with van der Waals surface area (Å²) < 4.78 is 0. The Morgan fingerprint density at radius 3 is 2.22 bits per heavy atom. The van der Waals surface area contributed by atoms with Crippen molar-refractivity contribution in [2.24, 2.45) is 0 Å². The molecular formula is C23H25ClN3O5+. The standard InChI is InChI=1S/C23H24ClN3O5/c1-3-25(4-2)13-14-26-20(15-7-11-18(12-8-15)27(31)32)19(22(29)23(26)30)21(28)16-5-9-17(24)10-6-16/h5-12,20,28H,3-4,13-14H2,1-2H3/p+1/t20-/m0/s1. The van der Waals surface area contributed by atoms with E-state index in [1.54, 1.807) is 24.3 Å². The number of quaternary nitrogens is 1. The number of nitrogens with zero attached hydrogens (tertiary/aromatic N) is 2. The third-order valence-electron chi connectivity index (χ3n) is 5.78. The van der Waals surface area contributed by atoms with Gasteiger partial charge in [-0.1, -0.05) is 11.6 Å². The molecule has 0 radical (unpaired) electrons. The zero-order valence-corrected chi connectivity index (χ0v) is 18.6. The van der Waals surface area contributed by atoms with Crippen molar-refractivity contribution in [1.82, 2.24) is 4.90 Å². The number of non-ortho nitro benzene ring substituents is 1. The fourth-order valence-corrected chi connectivity index (χ4v) is 4.01. The van der Waals surface area contributed by atoms with Crippen LogP contribution in [-0.4, -0.2) is 52.8 Å². The Hall–Kier alpha value is -3.23. The SMILES string of the molecule is CC[NH+](CC)CCN1C(=O)C(=O)C(=C(O)c2ccc(Cl)cc2)[C@@H]1c1ccc([N+](=O)[O-])cc1. The Kier molecular flexibility index (Phi) is 7.27. The molecule has 0 aromatic heterocycles. The molecule has 2 aromatic rings. The second-order valence-electron chi connectivity index (χ2n) is 7.56. The summed E-state index contributed by atoms with van der Waals surface area (Å²) in [6, 6.07) is 11.1. The number of nitro groups is 1. The van der Waals surface area contributed by atoms with Crippen LogP contribution >= 0.6 is 11.6 Å². The fourth-order valence-electron chi connectivity index (χ4n) is 3.88.